The largest absolute Gasteiger partial charge is 0.463 e. The van der Waals surface area contributed by atoms with Gasteiger partial charge in [0.2, 0.25) is 5.91 Å². The van der Waals surface area contributed by atoms with Gasteiger partial charge in [-0.15, -0.1) is 0 Å². The monoisotopic (exact) mass is 408 g/mol. The van der Waals surface area contributed by atoms with E-state index in [1.54, 1.807) is 13.8 Å². The van der Waals surface area contributed by atoms with Crippen LogP contribution in [0.3, 0.4) is 0 Å². The summed E-state index contributed by atoms with van der Waals surface area (Å²) < 4.78 is 5.08. The lowest BCUT2D eigenvalue weighted by atomic mass is 10.1. The van der Waals surface area contributed by atoms with Gasteiger partial charge in [-0.05, 0) is 38.2 Å². The lowest BCUT2D eigenvalue weighted by Crippen LogP contribution is -2.60. The van der Waals surface area contributed by atoms with Gasteiger partial charge in [-0.2, -0.15) is 0 Å². The average molecular weight is 408 g/mol. The van der Waals surface area contributed by atoms with Gasteiger partial charge < -0.3 is 15.0 Å². The van der Waals surface area contributed by atoms with Crippen LogP contribution in [-0.4, -0.2) is 58.0 Å². The minimum absolute atomic E-state index is 0.0134. The highest BCUT2D eigenvalue weighted by atomic mass is 32.1. The number of nitro groups is 1. The van der Waals surface area contributed by atoms with Crippen LogP contribution in [0.25, 0.3) is 0 Å². The molecule has 2 N–H and O–H groups in total. The lowest BCUT2D eigenvalue weighted by Gasteiger charge is -2.36. The number of benzene rings is 1. The molecule has 1 aromatic carbocycles. The maximum atomic E-state index is 12.3. The summed E-state index contributed by atoms with van der Waals surface area (Å²) in [6.45, 7) is 4.02. The molecule has 2 amide bonds. The third-order valence-corrected chi connectivity index (χ3v) is 4.22. The zero-order valence-electron chi connectivity index (χ0n) is 15.3. The Morgan fingerprint density at radius 2 is 2.04 bits per heavy atom. The molecule has 2 rings (SSSR count). The highest BCUT2D eigenvalue weighted by Crippen LogP contribution is 2.14. The van der Waals surface area contributed by atoms with Crippen molar-refractivity contribution in [1.29, 1.82) is 0 Å². The van der Waals surface area contributed by atoms with Gasteiger partial charge >= 0.3 is 5.97 Å². The van der Waals surface area contributed by atoms with Crippen LogP contribution in [0.1, 0.15) is 30.6 Å². The molecule has 10 nitrogen and oxygen atoms in total. The average Bonchev–Trinajstić information content (AvgIpc) is 2.62. The van der Waals surface area contributed by atoms with Gasteiger partial charge in [-0.25, -0.2) is 0 Å². The highest BCUT2D eigenvalue weighted by molar-refractivity contribution is 7.80. The number of hydrogen-bond donors (Lipinski definition) is 2. The SMILES string of the molecule is CC(C)OC(=O)CC1C(=O)NCCN1C(=S)NC(=O)c1ccc([N+](=O)[O-])cc1. The molecule has 28 heavy (non-hydrogen) atoms. The van der Waals surface area contributed by atoms with Gasteiger partial charge in [0.15, 0.2) is 5.11 Å². The number of nitro benzene ring substituents is 1. The van der Waals surface area contributed by atoms with Crippen LogP contribution in [0.4, 0.5) is 5.69 Å². The Morgan fingerprint density at radius 1 is 1.39 bits per heavy atom. The Labute approximate surface area is 166 Å². The summed E-state index contributed by atoms with van der Waals surface area (Å²) >= 11 is 5.24. The normalized spacial score (nSPS) is 16.3. The standard InChI is InChI=1S/C17H20N4O6S/c1-10(2)27-14(22)9-13-16(24)18-7-8-20(13)17(28)19-15(23)11-3-5-12(6-4-11)21(25)26/h3-6,10,13H,7-9H2,1-2H3,(H,18,24)(H,19,23,28). The molecule has 0 saturated carbocycles. The predicted octanol–water partition coefficient (Wildman–Crippen LogP) is 0.752. The second-order valence-electron chi connectivity index (χ2n) is 6.31. The molecule has 1 atom stereocenters. The number of thiocarbonyl (C=S) groups is 1. The minimum atomic E-state index is -0.898. The van der Waals surface area contributed by atoms with Crippen molar-refractivity contribution in [3.05, 3.63) is 39.9 Å². The maximum Gasteiger partial charge on any atom is 0.308 e. The molecule has 1 aliphatic rings. The summed E-state index contributed by atoms with van der Waals surface area (Å²) in [6.07, 6.45) is -0.529. The zero-order chi connectivity index (χ0) is 20.8. The van der Waals surface area contributed by atoms with Gasteiger partial charge in [-0.1, -0.05) is 0 Å². The van der Waals surface area contributed by atoms with Crippen molar-refractivity contribution >= 4 is 40.8 Å². The first kappa shape index (κ1) is 21.2. The van der Waals surface area contributed by atoms with Crippen molar-refractivity contribution in [2.45, 2.75) is 32.4 Å². The molecule has 0 aliphatic carbocycles. The van der Waals surface area contributed by atoms with Crippen molar-refractivity contribution < 1.29 is 24.0 Å². The smallest absolute Gasteiger partial charge is 0.308 e. The van der Waals surface area contributed by atoms with Gasteiger partial charge in [-0.3, -0.25) is 29.8 Å². The highest BCUT2D eigenvalue weighted by Gasteiger charge is 2.34. The molecular formula is C17H20N4O6S. The van der Waals surface area contributed by atoms with E-state index in [0.29, 0.717) is 13.1 Å². The number of ether oxygens (including phenoxy) is 1. The fraction of sp³-hybridized carbons (Fsp3) is 0.412. The Kier molecular flexibility index (Phi) is 6.99. The molecule has 150 valence electrons. The molecule has 0 spiro atoms. The minimum Gasteiger partial charge on any atom is -0.463 e. The molecule has 1 heterocycles. The van der Waals surface area contributed by atoms with Crippen molar-refractivity contribution in [3.8, 4) is 0 Å². The Balaban J connectivity index is 2.06. The van der Waals surface area contributed by atoms with Gasteiger partial charge in [0.25, 0.3) is 11.6 Å². The maximum absolute atomic E-state index is 12.3. The second-order valence-corrected chi connectivity index (χ2v) is 6.69. The third kappa shape index (κ3) is 5.46. The summed E-state index contributed by atoms with van der Waals surface area (Å²) in [4.78, 5) is 48.1. The summed E-state index contributed by atoms with van der Waals surface area (Å²) in [5, 5.41) is 15.8. The number of carbonyl (C=O) groups excluding carboxylic acids is 3. The van der Waals surface area contributed by atoms with Crippen LogP contribution < -0.4 is 10.6 Å². The first-order chi connectivity index (χ1) is 13.2. The summed E-state index contributed by atoms with van der Waals surface area (Å²) in [7, 11) is 0. The predicted molar refractivity (Wildman–Crippen MR) is 103 cm³/mol. The Hall–Kier alpha value is -3.08. The van der Waals surface area contributed by atoms with Crippen molar-refractivity contribution in [1.82, 2.24) is 15.5 Å². The van der Waals surface area contributed by atoms with E-state index in [9.17, 15) is 24.5 Å². The molecule has 0 radical (unpaired) electrons. The van der Waals surface area contributed by atoms with Gasteiger partial charge in [0.1, 0.15) is 6.04 Å². The first-order valence-electron chi connectivity index (χ1n) is 8.52. The number of non-ortho nitro benzene ring substituents is 1. The molecule has 11 heteroatoms. The number of rotatable bonds is 5. The third-order valence-electron chi connectivity index (χ3n) is 3.88. The lowest BCUT2D eigenvalue weighted by molar-refractivity contribution is -0.384. The number of carbonyl (C=O) groups is 3. The molecule has 0 bridgehead atoms. The molecule has 1 aromatic rings. The van der Waals surface area contributed by atoms with Gasteiger partial charge in [0, 0.05) is 30.8 Å². The fourth-order valence-corrected chi connectivity index (χ4v) is 2.92. The van der Waals surface area contributed by atoms with E-state index in [1.807, 2.05) is 0 Å². The quantitative estimate of drug-likeness (QED) is 0.316. The number of piperazine rings is 1. The van der Waals surface area contributed by atoms with E-state index in [2.05, 4.69) is 10.6 Å². The summed E-state index contributed by atoms with van der Waals surface area (Å²) in [6, 6.07) is 4.12. The van der Waals surface area contributed by atoms with Crippen molar-refractivity contribution in [2.24, 2.45) is 0 Å². The summed E-state index contributed by atoms with van der Waals surface area (Å²) in [5.74, 6) is -1.51. The van der Waals surface area contributed by atoms with E-state index in [-0.39, 0.29) is 34.8 Å². The molecule has 1 unspecified atom stereocenters. The molecule has 1 aliphatic heterocycles. The van der Waals surface area contributed by atoms with Crippen molar-refractivity contribution in [3.63, 3.8) is 0 Å². The van der Waals surface area contributed by atoms with E-state index >= 15 is 0 Å². The van der Waals surface area contributed by atoms with Crippen LogP contribution in [0.15, 0.2) is 24.3 Å². The molecular weight excluding hydrogens is 388 g/mol. The first-order valence-corrected chi connectivity index (χ1v) is 8.93. The molecule has 0 aromatic heterocycles. The zero-order valence-corrected chi connectivity index (χ0v) is 16.2. The van der Waals surface area contributed by atoms with Crippen LogP contribution >= 0.6 is 12.2 Å². The van der Waals surface area contributed by atoms with Crippen LogP contribution in [-0.2, 0) is 14.3 Å². The Bertz CT molecular complexity index is 795. The number of nitrogens with one attached hydrogen (secondary N) is 2. The second kappa shape index (κ2) is 9.22. The topological polar surface area (TPSA) is 131 Å². The van der Waals surface area contributed by atoms with E-state index < -0.39 is 22.8 Å². The van der Waals surface area contributed by atoms with Crippen LogP contribution in [0.2, 0.25) is 0 Å². The summed E-state index contributed by atoms with van der Waals surface area (Å²) in [5.41, 5.74) is 0.0285. The van der Waals surface area contributed by atoms with E-state index in [4.69, 9.17) is 17.0 Å². The molecule has 1 fully saturated rings. The van der Waals surface area contributed by atoms with Crippen molar-refractivity contribution in [2.75, 3.05) is 13.1 Å². The number of esters is 1. The number of amides is 2. The van der Waals surface area contributed by atoms with Gasteiger partial charge in [0.05, 0.1) is 17.4 Å². The van der Waals surface area contributed by atoms with Crippen LogP contribution in [0.5, 0.6) is 0 Å². The fourth-order valence-electron chi connectivity index (χ4n) is 2.61. The van der Waals surface area contributed by atoms with E-state index in [1.165, 1.54) is 29.2 Å². The number of nitrogens with zero attached hydrogens (tertiary/aromatic N) is 2. The Morgan fingerprint density at radius 3 is 2.61 bits per heavy atom. The van der Waals surface area contributed by atoms with E-state index in [0.717, 1.165) is 0 Å². The number of hydrogen-bond acceptors (Lipinski definition) is 7. The van der Waals surface area contributed by atoms with Crippen LogP contribution in [0, 0.1) is 10.1 Å². The molecule has 1 saturated heterocycles.